The van der Waals surface area contributed by atoms with Crippen LogP contribution in [0.3, 0.4) is 0 Å². The third-order valence-electron chi connectivity index (χ3n) is 6.26. The van der Waals surface area contributed by atoms with Crippen LogP contribution in [0.2, 0.25) is 0 Å². The maximum Gasteiger partial charge on any atom is 0.159 e. The van der Waals surface area contributed by atoms with Crippen LogP contribution >= 0.6 is 0 Å². The molecule has 0 aliphatic heterocycles. The lowest BCUT2D eigenvalue weighted by Gasteiger charge is -2.09. The van der Waals surface area contributed by atoms with Crippen LogP contribution in [0, 0.1) is 5.92 Å². The van der Waals surface area contributed by atoms with Crippen molar-refractivity contribution in [1.29, 1.82) is 0 Å². The van der Waals surface area contributed by atoms with Gasteiger partial charge >= 0.3 is 0 Å². The Hall–Kier alpha value is -1.70. The highest BCUT2D eigenvalue weighted by atomic mass is 14.9. The zero-order valence-corrected chi connectivity index (χ0v) is 20.5. The molecule has 0 fully saturated rings. The van der Waals surface area contributed by atoms with Crippen molar-refractivity contribution in [3.8, 4) is 11.4 Å². The molecule has 0 bridgehead atoms. The van der Waals surface area contributed by atoms with E-state index in [-0.39, 0.29) is 0 Å². The molecular weight excluding hydrogens is 376 g/mol. The minimum absolute atomic E-state index is 0.852. The molecule has 0 unspecified atom stereocenters. The SMILES string of the molecule is CCCCCCCCc1ccccc1-c1ncc(CCCCCCCCC(C)C)cn1. The molecular formula is C29H46N2. The van der Waals surface area contributed by atoms with E-state index in [9.17, 15) is 0 Å². The molecule has 2 aromatic rings. The lowest BCUT2D eigenvalue weighted by molar-refractivity contribution is 0.511. The molecule has 0 radical (unpaired) electrons. The molecule has 0 atom stereocenters. The highest BCUT2D eigenvalue weighted by molar-refractivity contribution is 5.59. The van der Waals surface area contributed by atoms with Gasteiger partial charge in [0, 0.05) is 18.0 Å². The van der Waals surface area contributed by atoms with Gasteiger partial charge in [-0.25, -0.2) is 9.97 Å². The molecule has 2 heteroatoms. The average Bonchev–Trinajstić information content (AvgIpc) is 2.78. The van der Waals surface area contributed by atoms with Crippen molar-refractivity contribution in [2.45, 2.75) is 117 Å². The maximum absolute atomic E-state index is 4.72. The Bertz CT molecular complexity index is 690. The second-order valence-electron chi connectivity index (χ2n) is 9.64. The molecule has 0 saturated heterocycles. The smallest absolute Gasteiger partial charge is 0.159 e. The highest BCUT2D eigenvalue weighted by Gasteiger charge is 2.07. The Kier molecular flexibility index (Phi) is 13.2. The summed E-state index contributed by atoms with van der Waals surface area (Å²) >= 11 is 0. The van der Waals surface area contributed by atoms with E-state index >= 15 is 0 Å². The van der Waals surface area contributed by atoms with Crippen LogP contribution in [-0.4, -0.2) is 9.97 Å². The second-order valence-corrected chi connectivity index (χ2v) is 9.64. The van der Waals surface area contributed by atoms with E-state index < -0.39 is 0 Å². The predicted octanol–water partition coefficient (Wildman–Crippen LogP) is 8.98. The summed E-state index contributed by atoms with van der Waals surface area (Å²) in [6.07, 6.45) is 23.8. The van der Waals surface area contributed by atoms with Gasteiger partial charge in [0.25, 0.3) is 0 Å². The molecule has 0 aliphatic rings. The van der Waals surface area contributed by atoms with Crippen LogP contribution in [0.5, 0.6) is 0 Å². The molecule has 0 aliphatic carbocycles. The van der Waals surface area contributed by atoms with E-state index in [1.807, 2.05) is 12.4 Å². The van der Waals surface area contributed by atoms with Crippen molar-refractivity contribution >= 4 is 0 Å². The van der Waals surface area contributed by atoms with Gasteiger partial charge in [-0.2, -0.15) is 0 Å². The minimum Gasteiger partial charge on any atom is -0.236 e. The molecule has 1 aromatic carbocycles. The minimum atomic E-state index is 0.852. The van der Waals surface area contributed by atoms with Gasteiger partial charge in [-0.1, -0.05) is 116 Å². The Labute approximate surface area is 192 Å². The zero-order chi connectivity index (χ0) is 22.2. The summed E-state index contributed by atoms with van der Waals surface area (Å²) < 4.78 is 0. The zero-order valence-electron chi connectivity index (χ0n) is 20.5. The number of unbranched alkanes of at least 4 members (excludes halogenated alkanes) is 10. The number of hydrogen-bond donors (Lipinski definition) is 0. The molecule has 0 N–H and O–H groups in total. The second kappa shape index (κ2) is 16.0. The summed E-state index contributed by atoms with van der Waals surface area (Å²) in [5.74, 6) is 1.74. The third kappa shape index (κ3) is 10.9. The van der Waals surface area contributed by atoms with Crippen LogP contribution in [0.1, 0.15) is 115 Å². The number of hydrogen-bond acceptors (Lipinski definition) is 2. The summed E-state index contributed by atoms with van der Waals surface area (Å²) in [7, 11) is 0. The summed E-state index contributed by atoms with van der Waals surface area (Å²) in [4.78, 5) is 9.45. The first kappa shape index (κ1) is 25.6. The van der Waals surface area contributed by atoms with Crippen LogP contribution in [0.15, 0.2) is 36.7 Å². The first-order chi connectivity index (χ1) is 15.2. The monoisotopic (exact) mass is 422 g/mol. The third-order valence-corrected chi connectivity index (χ3v) is 6.26. The number of aromatic nitrogens is 2. The first-order valence-corrected chi connectivity index (χ1v) is 13.1. The molecule has 172 valence electrons. The van der Waals surface area contributed by atoms with E-state index in [0.29, 0.717) is 0 Å². The van der Waals surface area contributed by atoms with Crippen molar-refractivity contribution in [3.63, 3.8) is 0 Å². The van der Waals surface area contributed by atoms with Crippen molar-refractivity contribution < 1.29 is 0 Å². The van der Waals surface area contributed by atoms with Gasteiger partial charge < -0.3 is 0 Å². The van der Waals surface area contributed by atoms with Gasteiger partial charge in [0.15, 0.2) is 5.82 Å². The van der Waals surface area contributed by atoms with Crippen LogP contribution in [-0.2, 0) is 12.8 Å². The van der Waals surface area contributed by atoms with Gasteiger partial charge in [-0.15, -0.1) is 0 Å². The lowest BCUT2D eigenvalue weighted by atomic mass is 10.00. The number of benzene rings is 1. The highest BCUT2D eigenvalue weighted by Crippen LogP contribution is 2.22. The number of nitrogens with zero attached hydrogens (tertiary/aromatic N) is 2. The lowest BCUT2D eigenvalue weighted by Crippen LogP contribution is -1.97. The summed E-state index contributed by atoms with van der Waals surface area (Å²) in [5.41, 5.74) is 3.88. The van der Waals surface area contributed by atoms with Gasteiger partial charge in [0.2, 0.25) is 0 Å². The molecule has 0 spiro atoms. The average molecular weight is 423 g/mol. The first-order valence-electron chi connectivity index (χ1n) is 13.1. The van der Waals surface area contributed by atoms with Gasteiger partial charge in [0.1, 0.15) is 0 Å². The number of rotatable bonds is 17. The van der Waals surface area contributed by atoms with Gasteiger partial charge in [0.05, 0.1) is 0 Å². The van der Waals surface area contributed by atoms with Crippen LogP contribution in [0.25, 0.3) is 11.4 Å². The van der Waals surface area contributed by atoms with Crippen molar-refractivity contribution in [1.82, 2.24) is 9.97 Å². The fraction of sp³-hybridized carbons (Fsp3) is 0.655. The van der Waals surface area contributed by atoms with E-state index in [4.69, 9.17) is 9.97 Å². The molecule has 2 nitrogen and oxygen atoms in total. The Morgan fingerprint density at radius 2 is 1.26 bits per heavy atom. The quantitative estimate of drug-likeness (QED) is 0.238. The van der Waals surface area contributed by atoms with Gasteiger partial charge in [-0.3, -0.25) is 0 Å². The Balaban J connectivity index is 1.72. The van der Waals surface area contributed by atoms with E-state index in [0.717, 1.165) is 24.6 Å². The molecule has 1 heterocycles. The Morgan fingerprint density at radius 1 is 0.677 bits per heavy atom. The fourth-order valence-electron chi connectivity index (χ4n) is 4.26. The normalized spacial score (nSPS) is 11.4. The molecule has 0 amide bonds. The van der Waals surface area contributed by atoms with Crippen molar-refractivity contribution in [3.05, 3.63) is 47.8 Å². The van der Waals surface area contributed by atoms with Crippen molar-refractivity contribution in [2.24, 2.45) is 5.92 Å². The van der Waals surface area contributed by atoms with E-state index in [1.54, 1.807) is 0 Å². The summed E-state index contributed by atoms with van der Waals surface area (Å²) in [6, 6.07) is 8.69. The largest absolute Gasteiger partial charge is 0.236 e. The van der Waals surface area contributed by atoms with Crippen LogP contribution < -0.4 is 0 Å². The molecule has 1 aromatic heterocycles. The van der Waals surface area contributed by atoms with Crippen molar-refractivity contribution in [2.75, 3.05) is 0 Å². The maximum atomic E-state index is 4.72. The summed E-state index contributed by atoms with van der Waals surface area (Å²) in [5, 5.41) is 0. The topological polar surface area (TPSA) is 25.8 Å². The standard InChI is InChI=1S/C29H46N2/c1-4-5-6-7-12-15-20-27-21-16-17-22-28(27)29-30-23-26(24-31-29)19-14-11-9-8-10-13-18-25(2)3/h16-17,21-25H,4-15,18-20H2,1-3H3. The molecule has 31 heavy (non-hydrogen) atoms. The Morgan fingerprint density at radius 3 is 1.94 bits per heavy atom. The molecule has 0 saturated carbocycles. The predicted molar refractivity (Wildman–Crippen MR) is 135 cm³/mol. The molecule has 2 rings (SSSR count). The fourth-order valence-corrected chi connectivity index (χ4v) is 4.26. The van der Waals surface area contributed by atoms with Gasteiger partial charge in [-0.05, 0) is 42.7 Å². The summed E-state index contributed by atoms with van der Waals surface area (Å²) in [6.45, 7) is 6.92. The van der Waals surface area contributed by atoms with E-state index in [1.165, 1.54) is 100 Å². The number of aryl methyl sites for hydroxylation is 2. The van der Waals surface area contributed by atoms with Crippen LogP contribution in [0.4, 0.5) is 0 Å². The van der Waals surface area contributed by atoms with E-state index in [2.05, 4.69) is 45.0 Å².